The molecule has 0 aromatic carbocycles. The van der Waals surface area contributed by atoms with Crippen LogP contribution in [0.1, 0.15) is 0 Å². The molecule has 1 fully saturated rings. The zero-order valence-electron chi connectivity index (χ0n) is 9.22. The highest BCUT2D eigenvalue weighted by molar-refractivity contribution is 7.81. The Morgan fingerprint density at radius 1 is 1.29 bits per heavy atom. The van der Waals surface area contributed by atoms with Crippen LogP contribution in [0.4, 0.5) is 0 Å². The normalized spacial score (nSPS) is 39.9. The fraction of sp³-hybridized carbons (Fsp3) is 0.800. The fourth-order valence-electron chi connectivity index (χ4n) is 1.47. The summed E-state index contributed by atoms with van der Waals surface area (Å²) in [6.45, 7) is 3.17. The summed E-state index contributed by atoms with van der Waals surface area (Å²) in [4.78, 5) is 0. The summed E-state index contributed by atoms with van der Waals surface area (Å²) in [5, 5.41) is 37.3. The van der Waals surface area contributed by atoms with Crippen LogP contribution >= 0.6 is 12.6 Å². The largest absolute Gasteiger partial charge is 0.394 e. The highest BCUT2D eigenvalue weighted by atomic mass is 32.1. The molecule has 0 amide bonds. The van der Waals surface area contributed by atoms with Crippen molar-refractivity contribution in [3.05, 3.63) is 12.7 Å². The Bertz CT molecular complexity index is 249. The van der Waals surface area contributed by atoms with Crippen molar-refractivity contribution in [2.24, 2.45) is 0 Å². The summed E-state index contributed by atoms with van der Waals surface area (Å²) in [5.74, 6) is 0. The molecule has 1 aliphatic heterocycles. The lowest BCUT2D eigenvalue weighted by Gasteiger charge is -2.39. The minimum atomic E-state index is -1.42. The Hall–Kier alpha value is -0.150. The van der Waals surface area contributed by atoms with E-state index in [1.807, 2.05) is 0 Å². The van der Waals surface area contributed by atoms with E-state index in [1.165, 1.54) is 0 Å². The molecule has 17 heavy (non-hydrogen) atoms. The average molecular weight is 266 g/mol. The average Bonchev–Trinajstić information content (AvgIpc) is 2.34. The van der Waals surface area contributed by atoms with Gasteiger partial charge in [0.15, 0.2) is 6.29 Å². The monoisotopic (exact) mass is 266 g/mol. The molecule has 0 aliphatic carbocycles. The van der Waals surface area contributed by atoms with Gasteiger partial charge in [-0.1, -0.05) is 6.08 Å². The number of hydrogen-bond donors (Lipinski definition) is 5. The summed E-state index contributed by atoms with van der Waals surface area (Å²) >= 11 is 4.10. The van der Waals surface area contributed by atoms with Gasteiger partial charge in [0.05, 0.1) is 13.2 Å². The lowest BCUT2D eigenvalue weighted by atomic mass is 9.99. The molecule has 0 aromatic heterocycles. The van der Waals surface area contributed by atoms with Gasteiger partial charge in [-0.15, -0.1) is 6.58 Å². The molecular formula is C10H18O6S. The van der Waals surface area contributed by atoms with Gasteiger partial charge in [0.25, 0.3) is 0 Å². The third-order valence-electron chi connectivity index (χ3n) is 2.55. The molecule has 100 valence electrons. The molecule has 0 radical (unpaired) electrons. The van der Waals surface area contributed by atoms with E-state index >= 15 is 0 Å². The van der Waals surface area contributed by atoms with Gasteiger partial charge in [-0.3, -0.25) is 0 Å². The van der Waals surface area contributed by atoms with Crippen molar-refractivity contribution in [1.29, 1.82) is 0 Å². The van der Waals surface area contributed by atoms with Gasteiger partial charge in [0, 0.05) is 5.25 Å². The number of rotatable bonds is 5. The van der Waals surface area contributed by atoms with E-state index in [-0.39, 0.29) is 11.9 Å². The lowest BCUT2D eigenvalue weighted by Crippen LogP contribution is -2.59. The first-order valence-corrected chi connectivity index (χ1v) is 5.75. The van der Waals surface area contributed by atoms with Crippen molar-refractivity contribution in [2.45, 2.75) is 36.0 Å². The van der Waals surface area contributed by atoms with Gasteiger partial charge in [0.1, 0.15) is 24.4 Å². The van der Waals surface area contributed by atoms with Crippen molar-refractivity contribution < 1.29 is 29.9 Å². The molecule has 0 bridgehead atoms. The molecule has 0 aromatic rings. The second kappa shape index (κ2) is 6.69. The van der Waals surface area contributed by atoms with Crippen molar-refractivity contribution >= 4 is 12.6 Å². The molecule has 1 rings (SSSR count). The lowest BCUT2D eigenvalue weighted by molar-refractivity contribution is -0.300. The van der Waals surface area contributed by atoms with Crippen LogP contribution in [0, 0.1) is 0 Å². The molecule has 6 nitrogen and oxygen atoms in total. The topological polar surface area (TPSA) is 99.4 Å². The van der Waals surface area contributed by atoms with Gasteiger partial charge in [-0.05, 0) is 0 Å². The standard InChI is InChI=1S/C10H18O6S/c1-2-5(17)4-15-10-9(14)8(13)7(12)6(3-11)16-10/h2,5-14,17H,1,3-4H2/t5?,6?,7-,8+,9?,10-/m1/s1. The van der Waals surface area contributed by atoms with Crippen LogP contribution < -0.4 is 0 Å². The van der Waals surface area contributed by atoms with Crippen molar-refractivity contribution in [1.82, 2.24) is 0 Å². The molecule has 4 N–H and O–H groups in total. The van der Waals surface area contributed by atoms with E-state index in [2.05, 4.69) is 19.2 Å². The molecule has 7 heteroatoms. The van der Waals surface area contributed by atoms with E-state index in [4.69, 9.17) is 14.6 Å². The fourth-order valence-corrected chi connectivity index (χ4v) is 1.55. The number of aliphatic hydroxyl groups is 4. The van der Waals surface area contributed by atoms with E-state index in [1.54, 1.807) is 6.08 Å². The number of ether oxygens (including phenoxy) is 2. The van der Waals surface area contributed by atoms with Gasteiger partial charge < -0.3 is 29.9 Å². The van der Waals surface area contributed by atoms with Crippen LogP contribution in [0.25, 0.3) is 0 Å². The Kier molecular flexibility index (Phi) is 5.87. The van der Waals surface area contributed by atoms with Crippen LogP contribution in [-0.2, 0) is 9.47 Å². The predicted molar refractivity (Wildman–Crippen MR) is 62.7 cm³/mol. The van der Waals surface area contributed by atoms with Gasteiger partial charge in [-0.25, -0.2) is 0 Å². The van der Waals surface area contributed by atoms with Crippen molar-refractivity contribution in [2.75, 3.05) is 13.2 Å². The summed E-state index contributed by atoms with van der Waals surface area (Å²) in [7, 11) is 0. The van der Waals surface area contributed by atoms with Crippen molar-refractivity contribution in [3.63, 3.8) is 0 Å². The number of aliphatic hydroxyl groups excluding tert-OH is 4. The minimum Gasteiger partial charge on any atom is -0.394 e. The first-order valence-electron chi connectivity index (χ1n) is 5.24. The third-order valence-corrected chi connectivity index (χ3v) is 2.91. The Labute approximate surface area is 105 Å². The van der Waals surface area contributed by atoms with Gasteiger partial charge in [-0.2, -0.15) is 12.6 Å². The zero-order chi connectivity index (χ0) is 13.0. The molecule has 3 unspecified atom stereocenters. The highest BCUT2D eigenvalue weighted by Gasteiger charge is 2.43. The van der Waals surface area contributed by atoms with E-state index in [9.17, 15) is 15.3 Å². The maximum absolute atomic E-state index is 9.61. The number of hydrogen-bond acceptors (Lipinski definition) is 7. The summed E-state index contributed by atoms with van der Waals surface area (Å²) in [5.41, 5.74) is 0. The predicted octanol–water partition coefficient (Wildman–Crippen LogP) is -1.71. The van der Waals surface area contributed by atoms with E-state index < -0.39 is 37.3 Å². The first-order chi connectivity index (χ1) is 8.01. The Morgan fingerprint density at radius 2 is 1.94 bits per heavy atom. The minimum absolute atomic E-state index is 0.134. The van der Waals surface area contributed by atoms with E-state index in [0.717, 1.165) is 0 Å². The maximum atomic E-state index is 9.61. The molecular weight excluding hydrogens is 248 g/mol. The maximum Gasteiger partial charge on any atom is 0.186 e. The summed E-state index contributed by atoms with van der Waals surface area (Å²) < 4.78 is 10.3. The SMILES string of the molecule is C=CC(S)CO[C@@H]1OC(CO)[C@@H](O)[C@H](O)C1O. The molecule has 0 spiro atoms. The van der Waals surface area contributed by atoms with Crippen molar-refractivity contribution in [3.8, 4) is 0 Å². The number of thiol groups is 1. The Balaban J connectivity index is 2.56. The van der Waals surface area contributed by atoms with Crippen LogP contribution in [0.2, 0.25) is 0 Å². The molecule has 1 heterocycles. The first kappa shape index (κ1) is 14.9. The second-order valence-electron chi connectivity index (χ2n) is 3.83. The smallest absolute Gasteiger partial charge is 0.186 e. The van der Waals surface area contributed by atoms with Gasteiger partial charge >= 0.3 is 0 Å². The third kappa shape index (κ3) is 3.65. The van der Waals surface area contributed by atoms with Crippen LogP contribution in [0.3, 0.4) is 0 Å². The van der Waals surface area contributed by atoms with Crippen LogP contribution in [-0.4, -0.2) is 69.6 Å². The Morgan fingerprint density at radius 3 is 2.47 bits per heavy atom. The quantitative estimate of drug-likeness (QED) is 0.300. The zero-order valence-corrected chi connectivity index (χ0v) is 10.1. The van der Waals surface area contributed by atoms with Crippen LogP contribution in [0.15, 0.2) is 12.7 Å². The second-order valence-corrected chi connectivity index (χ2v) is 4.50. The van der Waals surface area contributed by atoms with Gasteiger partial charge in [0.2, 0.25) is 0 Å². The van der Waals surface area contributed by atoms with E-state index in [0.29, 0.717) is 0 Å². The molecule has 1 aliphatic rings. The van der Waals surface area contributed by atoms with Crippen LogP contribution in [0.5, 0.6) is 0 Å². The highest BCUT2D eigenvalue weighted by Crippen LogP contribution is 2.22. The molecule has 1 saturated heterocycles. The summed E-state index contributed by atoms with van der Waals surface area (Å²) in [6.07, 6.45) is -4.69. The molecule has 0 saturated carbocycles. The summed E-state index contributed by atoms with van der Waals surface area (Å²) in [6, 6.07) is 0. The molecule has 6 atom stereocenters.